The van der Waals surface area contributed by atoms with E-state index in [-0.39, 0.29) is 17.6 Å². The smallest absolute Gasteiger partial charge is 0.264 e. The van der Waals surface area contributed by atoms with Crippen LogP contribution in [0.25, 0.3) is 0 Å². The number of nitrogens with one attached hydrogen (secondary N) is 2. The molecule has 0 heterocycles. The van der Waals surface area contributed by atoms with E-state index in [0.29, 0.717) is 12.4 Å². The van der Waals surface area contributed by atoms with Crippen LogP contribution in [0.1, 0.15) is 6.92 Å². The zero-order chi connectivity index (χ0) is 17.4. The van der Waals surface area contributed by atoms with Gasteiger partial charge in [0.15, 0.2) is 11.7 Å². The summed E-state index contributed by atoms with van der Waals surface area (Å²) < 4.78 is 11.9. The monoisotopic (exact) mass is 456 g/mol. The van der Waals surface area contributed by atoms with E-state index in [1.807, 2.05) is 31.2 Å². The van der Waals surface area contributed by atoms with E-state index < -0.39 is 0 Å². The number of thiocarbonyl (C=S) groups is 1. The first-order chi connectivity index (χ1) is 11.6. The molecule has 126 valence electrons. The number of hydrogen-bond acceptors (Lipinski definition) is 4. The lowest BCUT2D eigenvalue weighted by atomic mass is 10.3. The Morgan fingerprint density at radius 1 is 1.04 bits per heavy atom. The Labute approximate surface area is 159 Å². The Morgan fingerprint density at radius 2 is 1.62 bits per heavy atom. The van der Waals surface area contributed by atoms with E-state index in [1.165, 1.54) is 0 Å². The minimum Gasteiger partial charge on any atom is -0.494 e. The number of benzene rings is 2. The lowest BCUT2D eigenvalue weighted by Gasteiger charge is -2.11. The van der Waals surface area contributed by atoms with Gasteiger partial charge in [-0.15, -0.1) is 0 Å². The van der Waals surface area contributed by atoms with Gasteiger partial charge in [0, 0.05) is 9.26 Å². The maximum atomic E-state index is 11.9. The molecule has 2 aromatic carbocycles. The highest BCUT2D eigenvalue weighted by Crippen LogP contribution is 2.17. The van der Waals surface area contributed by atoms with E-state index in [0.717, 1.165) is 15.0 Å². The summed E-state index contributed by atoms with van der Waals surface area (Å²) in [5.41, 5.74) is 0.813. The minimum atomic E-state index is -0.327. The van der Waals surface area contributed by atoms with Crippen LogP contribution < -0.4 is 20.1 Å². The Balaban J connectivity index is 1.76. The molecule has 5 nitrogen and oxygen atoms in total. The van der Waals surface area contributed by atoms with Crippen molar-refractivity contribution < 1.29 is 14.3 Å². The normalized spacial score (nSPS) is 9.92. The molecule has 1 amide bonds. The fourth-order valence-electron chi connectivity index (χ4n) is 1.81. The average Bonchev–Trinajstić information content (AvgIpc) is 2.56. The third kappa shape index (κ3) is 6.32. The molecule has 0 aliphatic heterocycles. The summed E-state index contributed by atoms with van der Waals surface area (Å²) in [6.45, 7) is 2.40. The second-order valence-electron chi connectivity index (χ2n) is 4.70. The number of carbonyl (C=O) groups excluding carboxylic acids is 1. The third-order valence-corrected chi connectivity index (χ3v) is 3.78. The highest BCUT2D eigenvalue weighted by Gasteiger charge is 2.06. The molecule has 0 fully saturated rings. The predicted octanol–water partition coefficient (Wildman–Crippen LogP) is 3.58. The molecule has 0 aliphatic carbocycles. The second-order valence-corrected chi connectivity index (χ2v) is 6.36. The first kappa shape index (κ1) is 18.5. The molecule has 7 heteroatoms. The van der Waals surface area contributed by atoms with Gasteiger partial charge in [0.1, 0.15) is 11.5 Å². The van der Waals surface area contributed by atoms with E-state index in [2.05, 4.69) is 33.2 Å². The molecule has 2 rings (SSSR count). The van der Waals surface area contributed by atoms with Crippen LogP contribution in [0.5, 0.6) is 11.5 Å². The van der Waals surface area contributed by atoms with Crippen molar-refractivity contribution in [2.75, 3.05) is 18.5 Å². The highest BCUT2D eigenvalue weighted by molar-refractivity contribution is 14.1. The lowest BCUT2D eigenvalue weighted by Crippen LogP contribution is -2.37. The van der Waals surface area contributed by atoms with Gasteiger partial charge in [-0.2, -0.15) is 0 Å². The fraction of sp³-hybridized carbons (Fsp3) is 0.176. The molecular weight excluding hydrogens is 439 g/mol. The van der Waals surface area contributed by atoms with Crippen molar-refractivity contribution in [1.82, 2.24) is 5.32 Å². The fourth-order valence-corrected chi connectivity index (χ4v) is 2.40. The molecule has 0 aliphatic rings. The van der Waals surface area contributed by atoms with Crippen molar-refractivity contribution in [2.45, 2.75) is 6.92 Å². The summed E-state index contributed by atoms with van der Waals surface area (Å²) in [5, 5.41) is 5.75. The molecule has 0 aromatic heterocycles. The van der Waals surface area contributed by atoms with Crippen molar-refractivity contribution >= 4 is 51.5 Å². The van der Waals surface area contributed by atoms with Gasteiger partial charge < -0.3 is 14.8 Å². The van der Waals surface area contributed by atoms with Crippen LogP contribution in [0.2, 0.25) is 0 Å². The third-order valence-electron chi connectivity index (χ3n) is 2.86. The molecule has 0 spiro atoms. The Bertz CT molecular complexity index is 690. The number of amides is 1. The zero-order valence-corrected chi connectivity index (χ0v) is 16.0. The molecule has 0 bridgehead atoms. The molecule has 0 saturated heterocycles. The number of hydrogen-bond donors (Lipinski definition) is 2. The summed E-state index contributed by atoms with van der Waals surface area (Å²) in [7, 11) is 0. The van der Waals surface area contributed by atoms with Crippen LogP contribution in [-0.4, -0.2) is 24.2 Å². The molecule has 0 atom stereocenters. The second kappa shape index (κ2) is 9.43. The van der Waals surface area contributed by atoms with Crippen LogP contribution in [-0.2, 0) is 4.79 Å². The summed E-state index contributed by atoms with van der Waals surface area (Å²) in [6.07, 6.45) is 0. The number of halogens is 1. The number of carbonyl (C=O) groups is 1. The van der Waals surface area contributed by atoms with Gasteiger partial charge in [-0.1, -0.05) is 0 Å². The summed E-state index contributed by atoms with van der Waals surface area (Å²) in [5.74, 6) is 1.02. The molecular formula is C17H17IN2O3S. The van der Waals surface area contributed by atoms with Gasteiger partial charge in [0.25, 0.3) is 5.91 Å². The average molecular weight is 456 g/mol. The highest BCUT2D eigenvalue weighted by atomic mass is 127. The molecule has 24 heavy (non-hydrogen) atoms. The van der Waals surface area contributed by atoms with Crippen LogP contribution in [0, 0.1) is 3.57 Å². The Morgan fingerprint density at radius 3 is 2.21 bits per heavy atom. The largest absolute Gasteiger partial charge is 0.494 e. The van der Waals surface area contributed by atoms with Crippen LogP contribution in [0.3, 0.4) is 0 Å². The van der Waals surface area contributed by atoms with Gasteiger partial charge in [-0.05, 0) is 90.3 Å². The number of rotatable bonds is 6. The van der Waals surface area contributed by atoms with Crippen molar-refractivity contribution in [3.63, 3.8) is 0 Å². The van der Waals surface area contributed by atoms with Gasteiger partial charge in [-0.3, -0.25) is 10.1 Å². The summed E-state index contributed by atoms with van der Waals surface area (Å²) in [4.78, 5) is 11.9. The van der Waals surface area contributed by atoms with E-state index in [4.69, 9.17) is 21.7 Å². The summed E-state index contributed by atoms with van der Waals surface area (Å²) in [6, 6.07) is 14.7. The Kier molecular flexibility index (Phi) is 7.26. The van der Waals surface area contributed by atoms with E-state index in [1.54, 1.807) is 24.3 Å². The van der Waals surface area contributed by atoms with Crippen molar-refractivity contribution in [1.29, 1.82) is 0 Å². The maximum Gasteiger partial charge on any atom is 0.264 e. The minimum absolute atomic E-state index is 0.123. The summed E-state index contributed by atoms with van der Waals surface area (Å²) >= 11 is 7.32. The van der Waals surface area contributed by atoms with E-state index in [9.17, 15) is 4.79 Å². The lowest BCUT2D eigenvalue weighted by molar-refractivity contribution is -0.121. The van der Waals surface area contributed by atoms with Crippen LogP contribution in [0.15, 0.2) is 48.5 Å². The first-order valence-electron chi connectivity index (χ1n) is 7.29. The Hall–Kier alpha value is -1.87. The van der Waals surface area contributed by atoms with Crippen molar-refractivity contribution in [3.05, 3.63) is 52.1 Å². The SMILES string of the molecule is CCOc1ccc(OCC(=O)NC(=S)Nc2ccc(I)cc2)cc1. The predicted molar refractivity (Wildman–Crippen MR) is 107 cm³/mol. The van der Waals surface area contributed by atoms with Crippen LogP contribution >= 0.6 is 34.8 Å². The van der Waals surface area contributed by atoms with Gasteiger partial charge in [0.2, 0.25) is 0 Å². The topological polar surface area (TPSA) is 59.6 Å². The van der Waals surface area contributed by atoms with Gasteiger partial charge >= 0.3 is 0 Å². The van der Waals surface area contributed by atoms with Crippen molar-refractivity contribution in [2.24, 2.45) is 0 Å². The maximum absolute atomic E-state index is 11.9. The van der Waals surface area contributed by atoms with Crippen molar-refractivity contribution in [3.8, 4) is 11.5 Å². The number of anilines is 1. The zero-order valence-electron chi connectivity index (χ0n) is 13.0. The van der Waals surface area contributed by atoms with Crippen LogP contribution in [0.4, 0.5) is 5.69 Å². The first-order valence-corrected chi connectivity index (χ1v) is 8.77. The number of ether oxygens (including phenoxy) is 2. The molecule has 2 aromatic rings. The van der Waals surface area contributed by atoms with E-state index >= 15 is 0 Å². The molecule has 0 saturated carbocycles. The standard InChI is InChI=1S/C17H17IN2O3S/c1-2-22-14-7-9-15(10-8-14)23-11-16(21)20-17(24)19-13-5-3-12(18)4-6-13/h3-10H,2,11H2,1H3,(H2,19,20,21,24). The van der Waals surface area contributed by atoms with Gasteiger partial charge in [0.05, 0.1) is 6.61 Å². The molecule has 0 radical (unpaired) electrons. The quantitative estimate of drug-likeness (QED) is 0.514. The molecule has 0 unspecified atom stereocenters. The van der Waals surface area contributed by atoms with Gasteiger partial charge in [-0.25, -0.2) is 0 Å². The molecule has 2 N–H and O–H groups in total.